The minimum absolute atomic E-state index is 0.0236. The zero-order valence-electron chi connectivity index (χ0n) is 13.1. The van der Waals surface area contributed by atoms with E-state index in [1.807, 2.05) is 24.0 Å². The van der Waals surface area contributed by atoms with Crippen LogP contribution in [0.4, 0.5) is 0 Å². The number of nitrogens with zero attached hydrogens (tertiary/aromatic N) is 4. The molecule has 0 saturated carbocycles. The average molecular weight is 316 g/mol. The molecule has 0 spiro atoms. The molecular weight excluding hydrogens is 296 g/mol. The molecule has 3 heterocycles. The first-order valence-electron chi connectivity index (χ1n) is 7.88. The molecule has 0 N–H and O–H groups in total. The molecule has 1 aliphatic heterocycles. The summed E-state index contributed by atoms with van der Waals surface area (Å²) in [5, 5.41) is 3.95. The maximum atomic E-state index is 11.8. The van der Waals surface area contributed by atoms with Crippen molar-refractivity contribution in [2.75, 3.05) is 13.1 Å². The van der Waals surface area contributed by atoms with Gasteiger partial charge in [-0.1, -0.05) is 12.1 Å². The zero-order chi connectivity index (χ0) is 16.1. The van der Waals surface area contributed by atoms with E-state index in [0.717, 1.165) is 24.9 Å². The molecule has 1 atom stereocenters. The molecule has 7 nitrogen and oxygen atoms in total. The first kappa shape index (κ1) is 15.6. The van der Waals surface area contributed by atoms with Gasteiger partial charge < -0.3 is 14.2 Å². The van der Waals surface area contributed by atoms with Gasteiger partial charge in [0.2, 0.25) is 11.7 Å². The molecule has 7 heteroatoms. The third kappa shape index (κ3) is 3.92. The highest BCUT2D eigenvalue weighted by atomic mass is 16.5. The number of aromatic nitrogens is 3. The van der Waals surface area contributed by atoms with E-state index < -0.39 is 0 Å². The van der Waals surface area contributed by atoms with Crippen molar-refractivity contribution in [3.8, 4) is 11.4 Å². The van der Waals surface area contributed by atoms with Gasteiger partial charge in [0.1, 0.15) is 6.61 Å². The number of rotatable bonds is 5. The van der Waals surface area contributed by atoms with Crippen LogP contribution in [-0.4, -0.2) is 45.1 Å². The Balaban J connectivity index is 1.54. The Bertz CT molecular complexity index is 644. The van der Waals surface area contributed by atoms with Gasteiger partial charge in [-0.2, -0.15) is 4.98 Å². The van der Waals surface area contributed by atoms with E-state index in [1.165, 1.54) is 0 Å². The predicted octanol–water partition coefficient (Wildman–Crippen LogP) is 2.05. The molecule has 0 aliphatic carbocycles. The van der Waals surface area contributed by atoms with Gasteiger partial charge in [-0.05, 0) is 25.0 Å². The van der Waals surface area contributed by atoms with E-state index in [0.29, 0.717) is 24.7 Å². The second kappa shape index (κ2) is 7.32. The molecule has 2 aromatic heterocycles. The van der Waals surface area contributed by atoms with Crippen LogP contribution in [0.25, 0.3) is 11.4 Å². The largest absolute Gasteiger partial charge is 0.367 e. The molecule has 23 heavy (non-hydrogen) atoms. The molecule has 1 fully saturated rings. The van der Waals surface area contributed by atoms with Crippen molar-refractivity contribution in [1.82, 2.24) is 20.0 Å². The summed E-state index contributed by atoms with van der Waals surface area (Å²) >= 11 is 0. The molecule has 2 aromatic rings. The number of hydrogen-bond acceptors (Lipinski definition) is 6. The number of amides is 1. The van der Waals surface area contributed by atoms with Gasteiger partial charge in [0.05, 0.1) is 6.10 Å². The Labute approximate surface area is 134 Å². The van der Waals surface area contributed by atoms with E-state index in [9.17, 15) is 4.79 Å². The molecule has 0 radical (unpaired) electrons. The van der Waals surface area contributed by atoms with E-state index in [1.54, 1.807) is 12.4 Å². The molecule has 1 saturated heterocycles. The molecule has 0 aromatic carbocycles. The highest BCUT2D eigenvalue weighted by molar-refractivity contribution is 5.75. The van der Waals surface area contributed by atoms with Gasteiger partial charge in [-0.3, -0.25) is 9.78 Å². The van der Waals surface area contributed by atoms with Crippen LogP contribution in [0.15, 0.2) is 29.0 Å². The maximum absolute atomic E-state index is 11.8. The van der Waals surface area contributed by atoms with E-state index in [-0.39, 0.29) is 18.6 Å². The lowest BCUT2D eigenvalue weighted by molar-refractivity contribution is -0.135. The Kier molecular flexibility index (Phi) is 4.97. The van der Waals surface area contributed by atoms with Gasteiger partial charge >= 0.3 is 0 Å². The van der Waals surface area contributed by atoms with Gasteiger partial charge in [0, 0.05) is 37.5 Å². The van der Waals surface area contributed by atoms with Crippen molar-refractivity contribution in [2.45, 2.75) is 38.9 Å². The fourth-order valence-electron chi connectivity index (χ4n) is 2.65. The predicted molar refractivity (Wildman–Crippen MR) is 82.2 cm³/mol. The maximum Gasteiger partial charge on any atom is 0.252 e. The summed E-state index contributed by atoms with van der Waals surface area (Å²) in [7, 11) is 0. The average Bonchev–Trinajstić information content (AvgIpc) is 3.09. The molecule has 1 amide bonds. The molecular formula is C16H20N4O3. The standard InChI is InChI=1S/C16H20N4O3/c1-2-15(21)20-9-3-4-13(10-20)22-11-14-18-16(19-23-14)12-5-7-17-8-6-12/h5-8,13H,2-4,9-11H2,1H3. The Morgan fingerprint density at radius 2 is 2.26 bits per heavy atom. The normalized spacial score (nSPS) is 18.1. The summed E-state index contributed by atoms with van der Waals surface area (Å²) < 4.78 is 11.1. The minimum atomic E-state index is 0.0236. The van der Waals surface area contributed by atoms with E-state index in [4.69, 9.17) is 9.26 Å². The minimum Gasteiger partial charge on any atom is -0.367 e. The molecule has 1 unspecified atom stereocenters. The monoisotopic (exact) mass is 316 g/mol. The highest BCUT2D eigenvalue weighted by Gasteiger charge is 2.23. The van der Waals surface area contributed by atoms with Crippen LogP contribution >= 0.6 is 0 Å². The van der Waals surface area contributed by atoms with Crippen LogP contribution in [0.1, 0.15) is 32.1 Å². The molecule has 0 bridgehead atoms. The van der Waals surface area contributed by atoms with Crippen molar-refractivity contribution >= 4 is 5.91 Å². The molecule has 3 rings (SSSR count). The smallest absolute Gasteiger partial charge is 0.252 e. The van der Waals surface area contributed by atoms with Crippen LogP contribution in [0.5, 0.6) is 0 Å². The number of ether oxygens (including phenoxy) is 1. The second-order valence-corrected chi connectivity index (χ2v) is 5.52. The van der Waals surface area contributed by atoms with Crippen molar-refractivity contribution in [3.63, 3.8) is 0 Å². The first-order valence-corrected chi connectivity index (χ1v) is 7.88. The lowest BCUT2D eigenvalue weighted by atomic mass is 10.1. The van der Waals surface area contributed by atoms with Crippen LogP contribution in [0, 0.1) is 0 Å². The van der Waals surface area contributed by atoms with Gasteiger partial charge in [-0.25, -0.2) is 0 Å². The van der Waals surface area contributed by atoms with Crippen molar-refractivity contribution in [1.29, 1.82) is 0 Å². The Morgan fingerprint density at radius 1 is 1.43 bits per heavy atom. The zero-order valence-corrected chi connectivity index (χ0v) is 13.1. The Morgan fingerprint density at radius 3 is 3.04 bits per heavy atom. The fourth-order valence-corrected chi connectivity index (χ4v) is 2.65. The summed E-state index contributed by atoms with van der Waals surface area (Å²) in [5.41, 5.74) is 0.854. The van der Waals surface area contributed by atoms with E-state index in [2.05, 4.69) is 15.1 Å². The SMILES string of the molecule is CCC(=O)N1CCCC(OCc2nc(-c3ccncc3)no2)C1. The van der Waals surface area contributed by atoms with Crippen LogP contribution in [0.3, 0.4) is 0 Å². The molecule has 122 valence electrons. The van der Waals surface area contributed by atoms with Crippen LogP contribution in [0.2, 0.25) is 0 Å². The number of carbonyl (C=O) groups is 1. The number of hydrogen-bond donors (Lipinski definition) is 0. The second-order valence-electron chi connectivity index (χ2n) is 5.52. The van der Waals surface area contributed by atoms with Gasteiger partial charge in [-0.15, -0.1) is 0 Å². The number of pyridine rings is 1. The lowest BCUT2D eigenvalue weighted by Gasteiger charge is -2.32. The summed E-state index contributed by atoms with van der Waals surface area (Å²) in [6, 6.07) is 3.65. The van der Waals surface area contributed by atoms with Crippen molar-refractivity contribution in [2.24, 2.45) is 0 Å². The Hall–Kier alpha value is -2.28. The van der Waals surface area contributed by atoms with Crippen LogP contribution < -0.4 is 0 Å². The third-order valence-corrected chi connectivity index (χ3v) is 3.88. The van der Waals surface area contributed by atoms with E-state index >= 15 is 0 Å². The fraction of sp³-hybridized carbons (Fsp3) is 0.500. The van der Waals surface area contributed by atoms with Crippen LogP contribution in [-0.2, 0) is 16.1 Å². The van der Waals surface area contributed by atoms with Gasteiger partial charge in [0.25, 0.3) is 5.89 Å². The van der Waals surface area contributed by atoms with Gasteiger partial charge in [0.15, 0.2) is 0 Å². The highest BCUT2D eigenvalue weighted by Crippen LogP contribution is 2.17. The summed E-state index contributed by atoms with van der Waals surface area (Å²) in [6.45, 7) is 3.60. The summed E-state index contributed by atoms with van der Waals surface area (Å²) in [4.78, 5) is 21.9. The topological polar surface area (TPSA) is 81.4 Å². The number of carbonyl (C=O) groups excluding carboxylic acids is 1. The first-order chi connectivity index (χ1) is 11.3. The quantitative estimate of drug-likeness (QED) is 0.839. The summed E-state index contributed by atoms with van der Waals surface area (Å²) in [6.07, 6.45) is 5.83. The molecule has 1 aliphatic rings. The van der Waals surface area contributed by atoms with Crippen molar-refractivity contribution < 1.29 is 14.1 Å². The summed E-state index contributed by atoms with van der Waals surface area (Å²) in [5.74, 6) is 1.14. The number of piperidine rings is 1. The third-order valence-electron chi connectivity index (χ3n) is 3.88. The lowest BCUT2D eigenvalue weighted by Crippen LogP contribution is -2.42. The number of likely N-dealkylation sites (tertiary alicyclic amines) is 1. The van der Waals surface area contributed by atoms with Crippen molar-refractivity contribution in [3.05, 3.63) is 30.4 Å².